The van der Waals surface area contributed by atoms with Crippen LogP contribution in [0.15, 0.2) is 58.3 Å². The average molecular weight is 405 g/mol. The molecule has 0 aromatic heterocycles. The SMILES string of the molecule is CCCCCCCC(C)c1ccccc1Sc1ccc(OCCCCl)cc1. The molecular formula is C24H33ClOS. The van der Waals surface area contributed by atoms with E-state index in [2.05, 4.69) is 62.4 Å². The highest BCUT2D eigenvalue weighted by Crippen LogP contribution is 2.36. The highest BCUT2D eigenvalue weighted by molar-refractivity contribution is 7.99. The smallest absolute Gasteiger partial charge is 0.119 e. The van der Waals surface area contributed by atoms with Gasteiger partial charge in [-0.3, -0.25) is 0 Å². The lowest BCUT2D eigenvalue weighted by molar-refractivity contribution is 0.318. The first-order chi connectivity index (χ1) is 13.2. The molecule has 1 unspecified atom stereocenters. The highest BCUT2D eigenvalue weighted by Gasteiger charge is 2.11. The summed E-state index contributed by atoms with van der Waals surface area (Å²) in [5, 5.41) is 0. The molecule has 27 heavy (non-hydrogen) atoms. The van der Waals surface area contributed by atoms with Crippen molar-refractivity contribution < 1.29 is 4.74 Å². The van der Waals surface area contributed by atoms with Gasteiger partial charge in [-0.1, -0.05) is 75.9 Å². The molecule has 0 aliphatic carbocycles. The van der Waals surface area contributed by atoms with Crippen LogP contribution in [0.3, 0.4) is 0 Å². The number of hydrogen-bond donors (Lipinski definition) is 0. The summed E-state index contributed by atoms with van der Waals surface area (Å²) < 4.78 is 5.69. The van der Waals surface area contributed by atoms with Gasteiger partial charge in [0.05, 0.1) is 6.61 Å². The number of hydrogen-bond acceptors (Lipinski definition) is 2. The third-order valence-electron chi connectivity index (χ3n) is 4.79. The van der Waals surface area contributed by atoms with Crippen molar-refractivity contribution >= 4 is 23.4 Å². The van der Waals surface area contributed by atoms with Crippen LogP contribution in [0.2, 0.25) is 0 Å². The van der Waals surface area contributed by atoms with Crippen LogP contribution in [-0.4, -0.2) is 12.5 Å². The van der Waals surface area contributed by atoms with Gasteiger partial charge in [0.15, 0.2) is 0 Å². The van der Waals surface area contributed by atoms with E-state index in [9.17, 15) is 0 Å². The fourth-order valence-corrected chi connectivity index (χ4v) is 4.33. The third kappa shape index (κ3) is 8.19. The minimum atomic E-state index is 0.605. The second-order valence-electron chi connectivity index (χ2n) is 7.11. The third-order valence-corrected chi connectivity index (χ3v) is 6.16. The quantitative estimate of drug-likeness (QED) is 0.245. The molecule has 2 aromatic rings. The van der Waals surface area contributed by atoms with Crippen LogP contribution in [0.1, 0.15) is 70.3 Å². The molecule has 0 N–H and O–H groups in total. The fourth-order valence-electron chi connectivity index (χ4n) is 3.17. The predicted molar refractivity (Wildman–Crippen MR) is 120 cm³/mol. The first kappa shape index (κ1) is 22.2. The molecule has 0 radical (unpaired) electrons. The van der Waals surface area contributed by atoms with Gasteiger partial charge >= 0.3 is 0 Å². The lowest BCUT2D eigenvalue weighted by atomic mass is 9.95. The molecule has 2 rings (SSSR count). The van der Waals surface area contributed by atoms with Crippen molar-refractivity contribution in [1.29, 1.82) is 0 Å². The van der Waals surface area contributed by atoms with Gasteiger partial charge in [-0.05, 0) is 54.7 Å². The van der Waals surface area contributed by atoms with E-state index in [1.165, 1.54) is 53.9 Å². The first-order valence-corrected chi connectivity index (χ1v) is 11.6. The Morgan fingerprint density at radius 1 is 0.926 bits per heavy atom. The van der Waals surface area contributed by atoms with E-state index in [0.29, 0.717) is 18.4 Å². The molecule has 0 aliphatic heterocycles. The summed E-state index contributed by atoms with van der Waals surface area (Å²) >= 11 is 7.54. The predicted octanol–water partition coefficient (Wildman–Crippen LogP) is 8.31. The van der Waals surface area contributed by atoms with Crippen LogP contribution in [-0.2, 0) is 0 Å². The van der Waals surface area contributed by atoms with Crippen molar-refractivity contribution in [1.82, 2.24) is 0 Å². The molecule has 3 heteroatoms. The van der Waals surface area contributed by atoms with Gasteiger partial charge in [0.2, 0.25) is 0 Å². The van der Waals surface area contributed by atoms with Crippen molar-refractivity contribution in [3.63, 3.8) is 0 Å². The number of benzene rings is 2. The molecule has 0 heterocycles. The summed E-state index contributed by atoms with van der Waals surface area (Å²) in [7, 11) is 0. The average Bonchev–Trinajstić information content (AvgIpc) is 2.69. The van der Waals surface area contributed by atoms with Gasteiger partial charge in [0.1, 0.15) is 5.75 Å². The Morgan fingerprint density at radius 2 is 1.67 bits per heavy atom. The molecule has 0 saturated heterocycles. The van der Waals surface area contributed by atoms with Gasteiger partial charge in [0.25, 0.3) is 0 Å². The van der Waals surface area contributed by atoms with E-state index in [1.54, 1.807) is 0 Å². The molecule has 1 nitrogen and oxygen atoms in total. The number of unbranched alkanes of at least 4 members (excludes halogenated alkanes) is 4. The Labute approximate surface area is 174 Å². The number of ether oxygens (including phenoxy) is 1. The van der Waals surface area contributed by atoms with Gasteiger partial charge in [-0.25, -0.2) is 0 Å². The van der Waals surface area contributed by atoms with Crippen molar-refractivity contribution in [2.45, 2.75) is 74.5 Å². The Balaban J connectivity index is 1.92. The number of rotatable bonds is 13. The Morgan fingerprint density at radius 3 is 2.41 bits per heavy atom. The van der Waals surface area contributed by atoms with Crippen molar-refractivity contribution in [2.75, 3.05) is 12.5 Å². The van der Waals surface area contributed by atoms with E-state index in [0.717, 1.165) is 12.2 Å². The number of alkyl halides is 1. The maximum Gasteiger partial charge on any atom is 0.119 e. The van der Waals surface area contributed by atoms with E-state index in [1.807, 2.05) is 11.8 Å². The Hall–Kier alpha value is -1.12. The largest absolute Gasteiger partial charge is 0.494 e. The normalized spacial score (nSPS) is 12.1. The fraction of sp³-hybridized carbons (Fsp3) is 0.500. The zero-order chi connectivity index (χ0) is 19.3. The van der Waals surface area contributed by atoms with Crippen molar-refractivity contribution in [3.8, 4) is 5.75 Å². The molecule has 0 amide bonds. The molecule has 0 saturated carbocycles. The molecule has 0 aliphatic rings. The van der Waals surface area contributed by atoms with Gasteiger partial charge in [-0.15, -0.1) is 11.6 Å². The van der Waals surface area contributed by atoms with Crippen LogP contribution < -0.4 is 4.74 Å². The molecule has 2 aromatic carbocycles. The lowest BCUT2D eigenvalue weighted by Gasteiger charge is -2.16. The van der Waals surface area contributed by atoms with Crippen LogP contribution in [0.4, 0.5) is 0 Å². The van der Waals surface area contributed by atoms with Crippen LogP contribution in [0.5, 0.6) is 5.75 Å². The zero-order valence-corrected chi connectivity index (χ0v) is 18.3. The molecule has 148 valence electrons. The Kier molecular flexibility index (Phi) is 10.8. The number of halogens is 1. The van der Waals surface area contributed by atoms with Crippen LogP contribution in [0.25, 0.3) is 0 Å². The summed E-state index contributed by atoms with van der Waals surface area (Å²) in [5.41, 5.74) is 1.47. The maximum atomic E-state index is 5.69. The van der Waals surface area contributed by atoms with E-state index in [4.69, 9.17) is 16.3 Å². The van der Waals surface area contributed by atoms with Crippen molar-refractivity contribution in [2.24, 2.45) is 0 Å². The van der Waals surface area contributed by atoms with Crippen LogP contribution >= 0.6 is 23.4 Å². The second-order valence-corrected chi connectivity index (χ2v) is 8.60. The molecule has 0 bridgehead atoms. The van der Waals surface area contributed by atoms with E-state index in [-0.39, 0.29) is 0 Å². The zero-order valence-electron chi connectivity index (χ0n) is 16.8. The monoisotopic (exact) mass is 404 g/mol. The maximum absolute atomic E-state index is 5.69. The van der Waals surface area contributed by atoms with Gasteiger partial charge in [-0.2, -0.15) is 0 Å². The summed E-state index contributed by atoms with van der Waals surface area (Å²) in [6.07, 6.45) is 8.89. The van der Waals surface area contributed by atoms with Gasteiger partial charge < -0.3 is 4.74 Å². The standard InChI is InChI=1S/C24H33ClOS/c1-3-4-5-6-7-11-20(2)23-12-8-9-13-24(23)27-22-16-14-21(15-17-22)26-19-10-18-25/h8-9,12-17,20H,3-7,10-11,18-19H2,1-2H3. The molecule has 0 spiro atoms. The molecular weight excluding hydrogens is 372 g/mol. The second kappa shape index (κ2) is 13.1. The first-order valence-electron chi connectivity index (χ1n) is 10.3. The minimum Gasteiger partial charge on any atom is -0.494 e. The topological polar surface area (TPSA) is 9.23 Å². The summed E-state index contributed by atoms with van der Waals surface area (Å²) in [6.45, 7) is 5.32. The van der Waals surface area contributed by atoms with Crippen molar-refractivity contribution in [3.05, 3.63) is 54.1 Å². The molecule has 1 atom stereocenters. The minimum absolute atomic E-state index is 0.605. The summed E-state index contributed by atoms with van der Waals surface area (Å²) in [5.74, 6) is 2.16. The summed E-state index contributed by atoms with van der Waals surface area (Å²) in [4.78, 5) is 2.62. The van der Waals surface area contributed by atoms with Gasteiger partial charge in [0, 0.05) is 15.7 Å². The molecule has 0 fully saturated rings. The highest BCUT2D eigenvalue weighted by atomic mass is 35.5. The van der Waals surface area contributed by atoms with E-state index >= 15 is 0 Å². The van der Waals surface area contributed by atoms with E-state index < -0.39 is 0 Å². The Bertz CT molecular complexity index is 641. The summed E-state index contributed by atoms with van der Waals surface area (Å²) in [6, 6.07) is 17.2. The lowest BCUT2D eigenvalue weighted by Crippen LogP contribution is -1.97. The van der Waals surface area contributed by atoms with Crippen LogP contribution in [0, 0.1) is 0 Å².